The Balaban J connectivity index is 3.46. The highest BCUT2D eigenvalue weighted by Crippen LogP contribution is 2.21. The number of hydrogen-bond donors (Lipinski definition) is 1. The maximum Gasteiger partial charge on any atom is 0.108 e. The maximum atomic E-state index is 5.58. The Morgan fingerprint density at radius 1 is 1.38 bits per heavy atom. The van der Waals surface area contributed by atoms with E-state index in [0.717, 1.165) is 6.54 Å². The summed E-state index contributed by atoms with van der Waals surface area (Å²) in [6.07, 6.45) is 4.62. The topological polar surface area (TPSA) is 26.0 Å². The van der Waals surface area contributed by atoms with Crippen molar-refractivity contribution in [3.05, 3.63) is 11.6 Å². The number of allylic oxidation sites excluding steroid dienone is 1. The van der Waals surface area contributed by atoms with Crippen molar-refractivity contribution in [3.8, 4) is 0 Å². The molecule has 0 aromatic carbocycles. The Kier molecular flexibility index (Phi) is 6.82. The van der Waals surface area contributed by atoms with Gasteiger partial charge in [0, 0.05) is 6.54 Å². The zero-order chi connectivity index (χ0) is 10.3. The summed E-state index contributed by atoms with van der Waals surface area (Å²) in [5.41, 5.74) is 6.98. The quantitative estimate of drug-likeness (QED) is 0.420. The maximum absolute atomic E-state index is 5.58. The minimum Gasteiger partial charge on any atom is -0.327 e. The molecule has 0 aliphatic carbocycles. The van der Waals surface area contributed by atoms with Gasteiger partial charge in [-0.15, -0.1) is 0 Å². The fraction of sp³-hybridized carbons (Fsp3) is 0.800. The van der Waals surface area contributed by atoms with Crippen LogP contribution in [0, 0.1) is 0 Å². The van der Waals surface area contributed by atoms with Crippen LogP contribution >= 0.6 is 11.2 Å². The summed E-state index contributed by atoms with van der Waals surface area (Å²) in [4.78, 5) is 0. The van der Waals surface area contributed by atoms with Gasteiger partial charge in [0.15, 0.2) is 0 Å². The van der Waals surface area contributed by atoms with E-state index in [-0.39, 0.29) is 0 Å². The molecule has 0 fully saturated rings. The molecular weight excluding hydrogens is 194 g/mol. The molecule has 0 amide bonds. The molecule has 0 bridgehead atoms. The molecule has 0 spiro atoms. The van der Waals surface area contributed by atoms with Crippen molar-refractivity contribution >= 4 is 18.4 Å². The highest BCUT2D eigenvalue weighted by Gasteiger charge is 2.12. The monoisotopic (exact) mass is 217 g/mol. The van der Waals surface area contributed by atoms with Crippen molar-refractivity contribution in [2.45, 2.75) is 39.4 Å². The van der Waals surface area contributed by atoms with Gasteiger partial charge in [0.25, 0.3) is 0 Å². The molecule has 0 aromatic heterocycles. The standard InChI is InChI=1S/C10H23NSSi/c1-5-10(9-11)7-6-8-12-13(2,3)4/h5H,6-9,11H2,1-4H3. The normalized spacial score (nSPS) is 13.5. The molecule has 0 saturated heterocycles. The third-order valence-corrected chi connectivity index (χ3v) is 6.42. The SMILES string of the molecule is CC=C(CN)CCCS[Si](C)(C)C. The van der Waals surface area contributed by atoms with Crippen LogP contribution in [0.15, 0.2) is 11.6 Å². The van der Waals surface area contributed by atoms with Gasteiger partial charge < -0.3 is 5.73 Å². The summed E-state index contributed by atoms with van der Waals surface area (Å²) in [6.45, 7) is 10.0. The Bertz CT molecular complexity index is 161. The van der Waals surface area contributed by atoms with Gasteiger partial charge in [0.1, 0.15) is 7.22 Å². The van der Waals surface area contributed by atoms with Crippen molar-refractivity contribution in [1.29, 1.82) is 0 Å². The van der Waals surface area contributed by atoms with E-state index in [2.05, 4.69) is 43.9 Å². The molecule has 1 nitrogen and oxygen atoms in total. The van der Waals surface area contributed by atoms with Crippen LogP contribution in [-0.2, 0) is 0 Å². The van der Waals surface area contributed by atoms with Crippen LogP contribution in [0.5, 0.6) is 0 Å². The third kappa shape index (κ3) is 8.59. The lowest BCUT2D eigenvalue weighted by atomic mass is 10.1. The Labute approximate surface area is 87.8 Å². The van der Waals surface area contributed by atoms with Crippen LogP contribution < -0.4 is 5.73 Å². The van der Waals surface area contributed by atoms with E-state index in [1.54, 1.807) is 0 Å². The summed E-state index contributed by atoms with van der Waals surface area (Å²) < 4.78 is 0. The number of rotatable bonds is 6. The van der Waals surface area contributed by atoms with Gasteiger partial charge in [0.05, 0.1) is 0 Å². The molecule has 0 aromatic rings. The Morgan fingerprint density at radius 3 is 2.38 bits per heavy atom. The lowest BCUT2D eigenvalue weighted by molar-refractivity contribution is 0.881. The molecule has 3 heteroatoms. The molecule has 0 aliphatic rings. The van der Waals surface area contributed by atoms with Crippen LogP contribution in [0.25, 0.3) is 0 Å². The van der Waals surface area contributed by atoms with E-state index in [4.69, 9.17) is 5.73 Å². The minimum atomic E-state index is -0.884. The zero-order valence-electron chi connectivity index (χ0n) is 9.39. The fourth-order valence-corrected chi connectivity index (χ4v) is 4.21. The number of nitrogens with two attached hydrogens (primary N) is 1. The second-order valence-corrected chi connectivity index (χ2v) is 13.7. The summed E-state index contributed by atoms with van der Waals surface area (Å²) in [5, 5.41) is 0. The predicted octanol–water partition coefficient (Wildman–Crippen LogP) is 3.24. The van der Waals surface area contributed by atoms with E-state index < -0.39 is 7.22 Å². The summed E-state index contributed by atoms with van der Waals surface area (Å²) >= 11 is 2.17. The highest BCUT2D eigenvalue weighted by atomic mass is 32.4. The first-order valence-electron chi connectivity index (χ1n) is 4.97. The lowest BCUT2D eigenvalue weighted by Crippen LogP contribution is -2.14. The average molecular weight is 217 g/mol. The van der Waals surface area contributed by atoms with Gasteiger partial charge in [-0.1, -0.05) is 31.3 Å². The molecular formula is C10H23NSSi. The molecule has 13 heavy (non-hydrogen) atoms. The van der Waals surface area contributed by atoms with Crippen molar-refractivity contribution < 1.29 is 0 Å². The zero-order valence-corrected chi connectivity index (χ0v) is 11.2. The molecule has 78 valence electrons. The summed E-state index contributed by atoms with van der Waals surface area (Å²) in [5.74, 6) is 1.30. The van der Waals surface area contributed by atoms with E-state index in [0.29, 0.717) is 0 Å². The molecule has 0 heterocycles. The first kappa shape index (κ1) is 13.3. The Hall–Kier alpha value is 0.267. The van der Waals surface area contributed by atoms with Gasteiger partial charge in [-0.2, -0.15) is 11.2 Å². The van der Waals surface area contributed by atoms with E-state index in [1.165, 1.54) is 24.2 Å². The molecule has 0 saturated carbocycles. The van der Waals surface area contributed by atoms with Crippen LogP contribution in [0.4, 0.5) is 0 Å². The minimum absolute atomic E-state index is 0.730. The van der Waals surface area contributed by atoms with Gasteiger partial charge in [-0.3, -0.25) is 0 Å². The third-order valence-electron chi connectivity index (χ3n) is 1.85. The van der Waals surface area contributed by atoms with Crippen LogP contribution in [0.1, 0.15) is 19.8 Å². The smallest absolute Gasteiger partial charge is 0.108 e. The molecule has 0 rings (SSSR count). The van der Waals surface area contributed by atoms with Gasteiger partial charge in [-0.25, -0.2) is 0 Å². The van der Waals surface area contributed by atoms with Crippen molar-refractivity contribution in [3.63, 3.8) is 0 Å². The molecule has 0 aliphatic heterocycles. The van der Waals surface area contributed by atoms with Crippen molar-refractivity contribution in [2.75, 3.05) is 12.3 Å². The van der Waals surface area contributed by atoms with Crippen LogP contribution in [-0.4, -0.2) is 19.5 Å². The Morgan fingerprint density at radius 2 is 2.00 bits per heavy atom. The largest absolute Gasteiger partial charge is 0.327 e. The van der Waals surface area contributed by atoms with Crippen LogP contribution in [0.2, 0.25) is 19.6 Å². The van der Waals surface area contributed by atoms with Crippen LogP contribution in [0.3, 0.4) is 0 Å². The highest BCUT2D eigenvalue weighted by molar-refractivity contribution is 8.28. The lowest BCUT2D eigenvalue weighted by Gasteiger charge is -2.14. The molecule has 2 N–H and O–H groups in total. The first-order valence-corrected chi connectivity index (χ1v) is 10.2. The second-order valence-electron chi connectivity index (χ2n) is 4.22. The summed E-state index contributed by atoms with van der Waals surface area (Å²) in [6, 6.07) is 0. The second kappa shape index (κ2) is 6.68. The number of hydrogen-bond acceptors (Lipinski definition) is 2. The predicted molar refractivity (Wildman–Crippen MR) is 67.8 cm³/mol. The van der Waals surface area contributed by atoms with E-state index in [1.807, 2.05) is 0 Å². The van der Waals surface area contributed by atoms with Crippen molar-refractivity contribution in [2.24, 2.45) is 5.73 Å². The summed E-state index contributed by atoms with van der Waals surface area (Å²) in [7, 11) is -0.884. The van der Waals surface area contributed by atoms with Gasteiger partial charge in [0.2, 0.25) is 0 Å². The van der Waals surface area contributed by atoms with Crippen molar-refractivity contribution in [1.82, 2.24) is 0 Å². The fourth-order valence-electron chi connectivity index (χ4n) is 1.04. The molecule has 0 atom stereocenters. The van der Waals surface area contributed by atoms with E-state index in [9.17, 15) is 0 Å². The van der Waals surface area contributed by atoms with E-state index >= 15 is 0 Å². The molecule has 0 radical (unpaired) electrons. The molecule has 0 unspecified atom stereocenters. The first-order chi connectivity index (χ1) is 5.99. The van der Waals surface area contributed by atoms with Gasteiger partial charge >= 0.3 is 0 Å². The average Bonchev–Trinajstić information content (AvgIpc) is 2.03. The van der Waals surface area contributed by atoms with Gasteiger partial charge in [-0.05, 0) is 25.5 Å².